The first-order valence-electron chi connectivity index (χ1n) is 6.89. The minimum absolute atomic E-state index is 0. The van der Waals surface area contributed by atoms with Crippen LogP contribution in [0.25, 0.3) is 0 Å². The number of likely N-dealkylation sites (N-methyl/N-ethyl adjacent to an activating group) is 1. The Labute approximate surface area is 128 Å². The Kier molecular flexibility index (Phi) is 6.70. The molecule has 1 atom stereocenters. The summed E-state index contributed by atoms with van der Waals surface area (Å²) in [6.07, 6.45) is 7.86. The summed E-state index contributed by atoms with van der Waals surface area (Å²) < 4.78 is 0. The van der Waals surface area contributed by atoms with E-state index in [9.17, 15) is 0 Å². The summed E-state index contributed by atoms with van der Waals surface area (Å²) in [7, 11) is 4.28. The van der Waals surface area contributed by atoms with Gasteiger partial charge in [0, 0.05) is 12.1 Å². The first-order chi connectivity index (χ1) is 8.16. The maximum Gasteiger partial charge on any atom is 0.188 e. The molecule has 0 bridgehead atoms. The standard InChI is InChI=1S/C13H26N4.HI/c1-17(2)12(10-7-8-10)9-15-13(14)16-11-5-3-4-6-11;/h10-12H,3-9H2,1-2H3,(H3,14,15,16);1H. The number of nitrogens with zero attached hydrogens (tertiary/aromatic N) is 2. The molecule has 0 saturated heterocycles. The first-order valence-corrected chi connectivity index (χ1v) is 6.89. The fourth-order valence-electron chi connectivity index (χ4n) is 2.73. The fourth-order valence-corrected chi connectivity index (χ4v) is 2.73. The number of hydrogen-bond donors (Lipinski definition) is 2. The third kappa shape index (κ3) is 4.91. The molecule has 0 aromatic heterocycles. The quantitative estimate of drug-likeness (QED) is 0.443. The summed E-state index contributed by atoms with van der Waals surface area (Å²) >= 11 is 0. The van der Waals surface area contributed by atoms with Gasteiger partial charge in [-0.3, -0.25) is 4.99 Å². The molecule has 1 unspecified atom stereocenters. The molecular formula is C13H27IN4. The molecule has 106 valence electrons. The molecule has 5 heteroatoms. The van der Waals surface area contributed by atoms with Crippen molar-refractivity contribution < 1.29 is 0 Å². The SMILES string of the molecule is CN(C)C(CN=C(N)NC1CCCC1)C1CC1.I. The highest BCUT2D eigenvalue weighted by molar-refractivity contribution is 14.0. The third-order valence-corrected chi connectivity index (χ3v) is 3.99. The van der Waals surface area contributed by atoms with Gasteiger partial charge in [-0.2, -0.15) is 0 Å². The highest BCUT2D eigenvalue weighted by atomic mass is 127. The van der Waals surface area contributed by atoms with Crippen LogP contribution in [0.4, 0.5) is 0 Å². The van der Waals surface area contributed by atoms with Gasteiger partial charge in [0.15, 0.2) is 5.96 Å². The van der Waals surface area contributed by atoms with Gasteiger partial charge in [-0.05, 0) is 45.7 Å². The van der Waals surface area contributed by atoms with Gasteiger partial charge >= 0.3 is 0 Å². The van der Waals surface area contributed by atoms with E-state index in [1.54, 1.807) is 0 Å². The van der Waals surface area contributed by atoms with Crippen molar-refractivity contribution in [3.05, 3.63) is 0 Å². The van der Waals surface area contributed by atoms with Gasteiger partial charge in [0.2, 0.25) is 0 Å². The van der Waals surface area contributed by atoms with Crippen LogP contribution >= 0.6 is 24.0 Å². The molecule has 0 aromatic rings. The molecule has 2 fully saturated rings. The van der Waals surface area contributed by atoms with E-state index in [4.69, 9.17) is 5.73 Å². The molecule has 2 aliphatic rings. The Morgan fingerprint density at radius 3 is 2.39 bits per heavy atom. The average molecular weight is 366 g/mol. The van der Waals surface area contributed by atoms with Crippen LogP contribution in [0.3, 0.4) is 0 Å². The van der Waals surface area contributed by atoms with Gasteiger partial charge in [0.1, 0.15) is 0 Å². The van der Waals surface area contributed by atoms with E-state index < -0.39 is 0 Å². The average Bonchev–Trinajstić information content (AvgIpc) is 2.96. The van der Waals surface area contributed by atoms with Crippen LogP contribution in [0, 0.1) is 5.92 Å². The summed E-state index contributed by atoms with van der Waals surface area (Å²) in [6, 6.07) is 1.14. The van der Waals surface area contributed by atoms with Crippen molar-refractivity contribution in [3.63, 3.8) is 0 Å². The Morgan fingerprint density at radius 2 is 1.89 bits per heavy atom. The zero-order chi connectivity index (χ0) is 12.3. The number of nitrogens with two attached hydrogens (primary N) is 1. The normalized spacial score (nSPS) is 22.9. The lowest BCUT2D eigenvalue weighted by Crippen LogP contribution is -2.40. The van der Waals surface area contributed by atoms with Crippen LogP contribution in [0.15, 0.2) is 4.99 Å². The molecule has 0 radical (unpaired) electrons. The van der Waals surface area contributed by atoms with Gasteiger partial charge in [0.25, 0.3) is 0 Å². The maximum atomic E-state index is 5.94. The second-order valence-corrected chi connectivity index (χ2v) is 5.72. The van der Waals surface area contributed by atoms with Crippen molar-refractivity contribution in [1.82, 2.24) is 10.2 Å². The Balaban J connectivity index is 0.00000162. The lowest BCUT2D eigenvalue weighted by atomic mass is 10.2. The molecule has 0 heterocycles. The van der Waals surface area contributed by atoms with E-state index in [2.05, 4.69) is 29.3 Å². The zero-order valence-corrected chi connectivity index (χ0v) is 13.9. The summed E-state index contributed by atoms with van der Waals surface area (Å²) in [5.41, 5.74) is 5.94. The van der Waals surface area contributed by atoms with E-state index in [1.807, 2.05) is 0 Å². The van der Waals surface area contributed by atoms with E-state index in [0.29, 0.717) is 18.0 Å². The number of aliphatic imine (C=N–C) groups is 1. The highest BCUT2D eigenvalue weighted by Gasteiger charge is 2.32. The molecule has 0 amide bonds. The predicted molar refractivity (Wildman–Crippen MR) is 87.5 cm³/mol. The Bertz CT molecular complexity index is 268. The molecule has 4 nitrogen and oxygen atoms in total. The van der Waals surface area contributed by atoms with Crippen LogP contribution < -0.4 is 11.1 Å². The molecule has 2 aliphatic carbocycles. The number of halogens is 1. The number of hydrogen-bond acceptors (Lipinski definition) is 2. The van der Waals surface area contributed by atoms with Gasteiger partial charge < -0.3 is 16.0 Å². The topological polar surface area (TPSA) is 53.6 Å². The molecule has 0 spiro atoms. The van der Waals surface area contributed by atoms with Crippen LogP contribution in [0.5, 0.6) is 0 Å². The van der Waals surface area contributed by atoms with E-state index in [-0.39, 0.29) is 24.0 Å². The second-order valence-electron chi connectivity index (χ2n) is 5.72. The molecule has 0 aromatic carbocycles. The molecular weight excluding hydrogens is 339 g/mol. The van der Waals surface area contributed by atoms with Crippen LogP contribution in [-0.4, -0.2) is 43.6 Å². The lowest BCUT2D eigenvalue weighted by molar-refractivity contribution is 0.271. The molecule has 0 aliphatic heterocycles. The Hall–Kier alpha value is -0.0400. The first kappa shape index (κ1) is 16.0. The van der Waals surface area contributed by atoms with Crippen LogP contribution in [-0.2, 0) is 0 Å². The van der Waals surface area contributed by atoms with E-state index in [0.717, 1.165) is 12.5 Å². The summed E-state index contributed by atoms with van der Waals surface area (Å²) in [6.45, 7) is 0.837. The number of nitrogens with one attached hydrogen (secondary N) is 1. The van der Waals surface area contributed by atoms with Crippen molar-refractivity contribution >= 4 is 29.9 Å². The molecule has 3 N–H and O–H groups in total. The van der Waals surface area contributed by atoms with Gasteiger partial charge in [0.05, 0.1) is 6.54 Å². The molecule has 2 saturated carbocycles. The van der Waals surface area contributed by atoms with Gasteiger partial charge in [-0.25, -0.2) is 0 Å². The fraction of sp³-hybridized carbons (Fsp3) is 0.923. The Morgan fingerprint density at radius 1 is 1.28 bits per heavy atom. The molecule has 2 rings (SSSR count). The van der Waals surface area contributed by atoms with Gasteiger partial charge in [-0.1, -0.05) is 12.8 Å². The van der Waals surface area contributed by atoms with Crippen molar-refractivity contribution in [3.8, 4) is 0 Å². The predicted octanol–water partition coefficient (Wildman–Crippen LogP) is 1.79. The minimum atomic E-state index is 0. The van der Waals surface area contributed by atoms with Crippen molar-refractivity contribution in [2.24, 2.45) is 16.6 Å². The largest absolute Gasteiger partial charge is 0.370 e. The monoisotopic (exact) mass is 366 g/mol. The summed E-state index contributed by atoms with van der Waals surface area (Å²) in [5.74, 6) is 1.48. The summed E-state index contributed by atoms with van der Waals surface area (Å²) in [5, 5.41) is 3.34. The van der Waals surface area contributed by atoms with E-state index >= 15 is 0 Å². The third-order valence-electron chi connectivity index (χ3n) is 3.99. The number of rotatable bonds is 5. The minimum Gasteiger partial charge on any atom is -0.370 e. The van der Waals surface area contributed by atoms with E-state index in [1.165, 1.54) is 38.5 Å². The number of guanidine groups is 1. The lowest BCUT2D eigenvalue weighted by Gasteiger charge is -2.22. The summed E-state index contributed by atoms with van der Waals surface area (Å²) in [4.78, 5) is 6.79. The highest BCUT2D eigenvalue weighted by Crippen LogP contribution is 2.34. The van der Waals surface area contributed by atoms with Crippen molar-refractivity contribution in [2.75, 3.05) is 20.6 Å². The van der Waals surface area contributed by atoms with Crippen LogP contribution in [0.2, 0.25) is 0 Å². The molecule has 18 heavy (non-hydrogen) atoms. The van der Waals surface area contributed by atoms with Crippen LogP contribution in [0.1, 0.15) is 38.5 Å². The smallest absolute Gasteiger partial charge is 0.188 e. The second kappa shape index (κ2) is 7.53. The van der Waals surface area contributed by atoms with Crippen molar-refractivity contribution in [2.45, 2.75) is 50.6 Å². The zero-order valence-electron chi connectivity index (χ0n) is 11.6. The van der Waals surface area contributed by atoms with Gasteiger partial charge in [-0.15, -0.1) is 24.0 Å². The van der Waals surface area contributed by atoms with Crippen molar-refractivity contribution in [1.29, 1.82) is 0 Å². The maximum absolute atomic E-state index is 5.94.